The van der Waals surface area contributed by atoms with Crippen LogP contribution in [0, 0.1) is 0 Å². The summed E-state index contributed by atoms with van der Waals surface area (Å²) in [6, 6.07) is 23.4. The van der Waals surface area contributed by atoms with E-state index >= 15 is 0 Å². The Morgan fingerprint density at radius 2 is 1.42 bits per heavy atom. The molecule has 0 saturated heterocycles. The highest BCUT2D eigenvalue weighted by atomic mass is 35.5. The van der Waals surface area contributed by atoms with Crippen molar-refractivity contribution >= 4 is 17.6 Å². The third-order valence-corrected chi connectivity index (χ3v) is 3.61. The first-order chi connectivity index (χ1) is 11.7. The molecule has 0 unspecified atom stereocenters. The van der Waals surface area contributed by atoms with Crippen LogP contribution < -0.4 is 9.47 Å². The van der Waals surface area contributed by atoms with Crippen LogP contribution in [0.5, 0.6) is 11.5 Å². The van der Waals surface area contributed by atoms with Crippen LogP contribution in [-0.4, -0.2) is 5.97 Å². The highest BCUT2D eigenvalue weighted by Crippen LogP contribution is 2.20. The third-order valence-electron chi connectivity index (χ3n) is 3.36. The van der Waals surface area contributed by atoms with E-state index in [1.54, 1.807) is 48.5 Å². The number of ether oxygens (including phenoxy) is 2. The molecular weight excluding hydrogens is 324 g/mol. The van der Waals surface area contributed by atoms with Gasteiger partial charge in [0.15, 0.2) is 0 Å². The van der Waals surface area contributed by atoms with Gasteiger partial charge in [-0.25, -0.2) is 4.79 Å². The molecule has 0 aromatic heterocycles. The van der Waals surface area contributed by atoms with E-state index in [1.165, 1.54) is 0 Å². The second-order valence-corrected chi connectivity index (χ2v) is 5.58. The minimum atomic E-state index is -0.426. The van der Waals surface area contributed by atoms with E-state index in [0.29, 0.717) is 28.7 Å². The van der Waals surface area contributed by atoms with E-state index in [1.807, 2.05) is 30.3 Å². The van der Waals surface area contributed by atoms with E-state index in [4.69, 9.17) is 21.1 Å². The molecule has 0 fully saturated rings. The zero-order chi connectivity index (χ0) is 16.8. The van der Waals surface area contributed by atoms with Crippen LogP contribution in [0.3, 0.4) is 0 Å². The van der Waals surface area contributed by atoms with Gasteiger partial charge in [0.2, 0.25) is 0 Å². The lowest BCUT2D eigenvalue weighted by Gasteiger charge is -2.08. The van der Waals surface area contributed by atoms with Gasteiger partial charge in [0.05, 0.1) is 5.56 Å². The SMILES string of the molecule is O=C(Oc1ccc(OCc2ccccc2)cc1)c1ccc(Cl)cc1. The van der Waals surface area contributed by atoms with Crippen molar-refractivity contribution in [2.75, 3.05) is 0 Å². The predicted molar refractivity (Wildman–Crippen MR) is 93.6 cm³/mol. The first-order valence-corrected chi connectivity index (χ1v) is 7.83. The standard InChI is InChI=1S/C20H15ClO3/c21-17-8-6-16(7-9-17)20(22)24-19-12-10-18(11-13-19)23-14-15-4-2-1-3-5-15/h1-13H,14H2. The number of hydrogen-bond acceptors (Lipinski definition) is 3. The molecule has 0 heterocycles. The average molecular weight is 339 g/mol. The summed E-state index contributed by atoms with van der Waals surface area (Å²) in [5.41, 5.74) is 1.54. The summed E-state index contributed by atoms with van der Waals surface area (Å²) in [4.78, 5) is 12.0. The molecule has 3 nitrogen and oxygen atoms in total. The number of hydrogen-bond donors (Lipinski definition) is 0. The van der Waals surface area contributed by atoms with Crippen molar-refractivity contribution in [1.29, 1.82) is 0 Å². The number of benzene rings is 3. The van der Waals surface area contributed by atoms with Crippen molar-refractivity contribution in [3.05, 3.63) is 95.0 Å². The molecule has 0 aliphatic heterocycles. The maximum Gasteiger partial charge on any atom is 0.343 e. The number of carbonyl (C=O) groups excluding carboxylic acids is 1. The normalized spacial score (nSPS) is 10.2. The van der Waals surface area contributed by atoms with Gasteiger partial charge in [0, 0.05) is 5.02 Å². The summed E-state index contributed by atoms with van der Waals surface area (Å²) in [6.45, 7) is 0.491. The molecule has 0 atom stereocenters. The Labute approximate surface area is 145 Å². The summed E-state index contributed by atoms with van der Waals surface area (Å²) in [6.07, 6.45) is 0. The molecule has 3 rings (SSSR count). The maximum absolute atomic E-state index is 12.0. The molecule has 3 aromatic carbocycles. The second-order valence-electron chi connectivity index (χ2n) is 5.14. The van der Waals surface area contributed by atoms with Crippen molar-refractivity contribution in [1.82, 2.24) is 0 Å². The van der Waals surface area contributed by atoms with E-state index < -0.39 is 5.97 Å². The quantitative estimate of drug-likeness (QED) is 0.477. The van der Waals surface area contributed by atoms with E-state index in [0.717, 1.165) is 5.56 Å². The fraction of sp³-hybridized carbons (Fsp3) is 0.0500. The van der Waals surface area contributed by atoms with Gasteiger partial charge in [-0.3, -0.25) is 0 Å². The Morgan fingerprint density at radius 3 is 2.08 bits per heavy atom. The van der Waals surface area contributed by atoms with Gasteiger partial charge < -0.3 is 9.47 Å². The minimum absolute atomic E-state index is 0.426. The van der Waals surface area contributed by atoms with Gasteiger partial charge in [0.25, 0.3) is 0 Å². The van der Waals surface area contributed by atoms with Crippen molar-refractivity contribution in [2.24, 2.45) is 0 Å². The smallest absolute Gasteiger partial charge is 0.343 e. The third kappa shape index (κ3) is 4.37. The van der Waals surface area contributed by atoms with Crippen LogP contribution in [-0.2, 0) is 6.61 Å². The summed E-state index contributed by atoms with van der Waals surface area (Å²) in [5.74, 6) is 0.747. The molecular formula is C20H15ClO3. The Kier molecular flexibility index (Phi) is 5.14. The van der Waals surface area contributed by atoms with Gasteiger partial charge >= 0.3 is 5.97 Å². The van der Waals surface area contributed by atoms with Crippen LogP contribution >= 0.6 is 11.6 Å². The maximum atomic E-state index is 12.0. The zero-order valence-electron chi connectivity index (χ0n) is 12.8. The summed E-state index contributed by atoms with van der Waals surface area (Å²) in [7, 11) is 0. The van der Waals surface area contributed by atoms with Gasteiger partial charge in [0.1, 0.15) is 18.1 Å². The molecule has 0 amide bonds. The molecule has 3 aromatic rings. The van der Waals surface area contributed by atoms with Crippen molar-refractivity contribution in [2.45, 2.75) is 6.61 Å². The fourth-order valence-corrected chi connectivity index (χ4v) is 2.22. The topological polar surface area (TPSA) is 35.5 Å². The van der Waals surface area contributed by atoms with Crippen LogP contribution in [0.2, 0.25) is 5.02 Å². The monoisotopic (exact) mass is 338 g/mol. The zero-order valence-corrected chi connectivity index (χ0v) is 13.6. The van der Waals surface area contributed by atoms with E-state index in [-0.39, 0.29) is 0 Å². The van der Waals surface area contributed by atoms with E-state index in [9.17, 15) is 4.79 Å². The predicted octanol–water partition coefficient (Wildman–Crippen LogP) is 5.14. The molecule has 0 N–H and O–H groups in total. The highest BCUT2D eigenvalue weighted by Gasteiger charge is 2.08. The lowest BCUT2D eigenvalue weighted by molar-refractivity contribution is 0.0734. The van der Waals surface area contributed by atoms with Gasteiger partial charge in [-0.2, -0.15) is 0 Å². The Bertz CT molecular complexity index is 797. The van der Waals surface area contributed by atoms with Gasteiger partial charge in [-0.15, -0.1) is 0 Å². The number of esters is 1. The highest BCUT2D eigenvalue weighted by molar-refractivity contribution is 6.30. The molecule has 0 aliphatic rings. The Hall–Kier alpha value is -2.78. The Morgan fingerprint density at radius 1 is 0.792 bits per heavy atom. The number of halogens is 1. The van der Waals surface area contributed by atoms with Crippen molar-refractivity contribution in [3.8, 4) is 11.5 Å². The van der Waals surface area contributed by atoms with E-state index in [2.05, 4.69) is 0 Å². The first kappa shape index (κ1) is 16.1. The Balaban J connectivity index is 1.58. The second kappa shape index (κ2) is 7.66. The lowest BCUT2D eigenvalue weighted by Crippen LogP contribution is -2.08. The fourth-order valence-electron chi connectivity index (χ4n) is 2.10. The average Bonchev–Trinajstić information content (AvgIpc) is 2.62. The number of rotatable bonds is 5. The first-order valence-electron chi connectivity index (χ1n) is 7.45. The van der Waals surface area contributed by atoms with Gasteiger partial charge in [-0.1, -0.05) is 41.9 Å². The minimum Gasteiger partial charge on any atom is -0.489 e. The van der Waals surface area contributed by atoms with Crippen LogP contribution in [0.25, 0.3) is 0 Å². The molecule has 0 bridgehead atoms. The summed E-state index contributed by atoms with van der Waals surface area (Å²) < 4.78 is 11.0. The molecule has 24 heavy (non-hydrogen) atoms. The van der Waals surface area contributed by atoms with Gasteiger partial charge in [-0.05, 0) is 54.1 Å². The molecule has 120 valence electrons. The molecule has 0 radical (unpaired) electrons. The number of carbonyl (C=O) groups is 1. The van der Waals surface area contributed by atoms with Crippen molar-refractivity contribution < 1.29 is 14.3 Å². The van der Waals surface area contributed by atoms with Crippen LogP contribution in [0.15, 0.2) is 78.9 Å². The molecule has 0 spiro atoms. The molecule has 0 aliphatic carbocycles. The lowest BCUT2D eigenvalue weighted by atomic mass is 10.2. The molecule has 4 heteroatoms. The van der Waals surface area contributed by atoms with Crippen LogP contribution in [0.1, 0.15) is 15.9 Å². The summed E-state index contributed by atoms with van der Waals surface area (Å²) >= 11 is 5.80. The molecule has 0 saturated carbocycles. The van der Waals surface area contributed by atoms with Crippen molar-refractivity contribution in [3.63, 3.8) is 0 Å². The summed E-state index contributed by atoms with van der Waals surface area (Å²) in [5, 5.41) is 0.575. The largest absolute Gasteiger partial charge is 0.489 e. The van der Waals surface area contributed by atoms with Crippen LogP contribution in [0.4, 0.5) is 0 Å².